The summed E-state index contributed by atoms with van der Waals surface area (Å²) in [5.41, 5.74) is 2.34. The zero-order chi connectivity index (χ0) is 17.8. The first-order valence-electron chi connectivity index (χ1n) is 7.35. The normalized spacial score (nSPS) is 10.3. The Hall–Kier alpha value is -2.98. The van der Waals surface area contributed by atoms with Gasteiger partial charge in [-0.3, -0.25) is 4.79 Å². The van der Waals surface area contributed by atoms with Crippen molar-refractivity contribution in [1.82, 2.24) is 15.1 Å². The predicted molar refractivity (Wildman–Crippen MR) is 93.5 cm³/mol. The maximum Gasteiger partial charge on any atom is 0.270 e. The summed E-state index contributed by atoms with van der Waals surface area (Å²) in [4.78, 5) is 12.5. The Morgan fingerprint density at radius 1 is 1.20 bits per heavy atom. The van der Waals surface area contributed by atoms with Crippen LogP contribution in [0.3, 0.4) is 0 Å². The molecule has 0 saturated carbocycles. The van der Waals surface area contributed by atoms with E-state index in [1.807, 2.05) is 6.07 Å². The van der Waals surface area contributed by atoms with Gasteiger partial charge in [-0.25, -0.2) is 9.07 Å². The quantitative estimate of drug-likeness (QED) is 0.729. The third-order valence-corrected chi connectivity index (χ3v) is 3.91. The topological polar surface area (TPSA) is 70.7 Å². The van der Waals surface area contributed by atoms with E-state index in [-0.39, 0.29) is 11.7 Å². The zero-order valence-corrected chi connectivity index (χ0v) is 14.5. The maximum atomic E-state index is 13.1. The van der Waals surface area contributed by atoms with Gasteiger partial charge in [0, 0.05) is 12.6 Å². The molecule has 3 rings (SSSR count). The molecule has 0 bridgehead atoms. The Kier molecular flexibility index (Phi) is 4.91. The highest BCUT2D eigenvalue weighted by molar-refractivity contribution is 9.10. The number of nitrogens with one attached hydrogen (secondary N) is 1. The van der Waals surface area contributed by atoms with Crippen molar-refractivity contribution in [2.24, 2.45) is 0 Å². The summed E-state index contributed by atoms with van der Waals surface area (Å²) in [6.45, 7) is 0.316. The van der Waals surface area contributed by atoms with Gasteiger partial charge < -0.3 is 5.32 Å². The summed E-state index contributed by atoms with van der Waals surface area (Å²) in [6.07, 6.45) is 0. The van der Waals surface area contributed by atoms with Gasteiger partial charge >= 0.3 is 0 Å². The molecule has 0 aliphatic heterocycles. The summed E-state index contributed by atoms with van der Waals surface area (Å²) in [5, 5.41) is 15.8. The molecule has 0 radical (unpaired) electrons. The van der Waals surface area contributed by atoms with E-state index >= 15 is 0 Å². The number of aromatic nitrogens is 2. The SMILES string of the molecule is N#Cc1ccc(CNC(=O)c2cc(Br)nn2-c2ccc(F)cc2)cc1. The van der Waals surface area contributed by atoms with E-state index < -0.39 is 0 Å². The van der Waals surface area contributed by atoms with Gasteiger partial charge in [-0.1, -0.05) is 12.1 Å². The van der Waals surface area contributed by atoms with Crippen LogP contribution < -0.4 is 5.32 Å². The predicted octanol–water partition coefficient (Wildman–Crippen LogP) is 3.58. The van der Waals surface area contributed by atoms with Crippen LogP contribution in [0.15, 0.2) is 59.2 Å². The Morgan fingerprint density at radius 2 is 1.88 bits per heavy atom. The molecule has 1 heterocycles. The van der Waals surface area contributed by atoms with Crippen LogP contribution in [0, 0.1) is 17.1 Å². The molecule has 3 aromatic rings. The van der Waals surface area contributed by atoms with Gasteiger partial charge in [-0.2, -0.15) is 10.4 Å². The van der Waals surface area contributed by atoms with Gasteiger partial charge in [0.15, 0.2) is 0 Å². The summed E-state index contributed by atoms with van der Waals surface area (Å²) >= 11 is 3.26. The molecule has 0 aliphatic carbocycles. The van der Waals surface area contributed by atoms with Crippen LogP contribution in [0.5, 0.6) is 0 Å². The highest BCUT2D eigenvalue weighted by Crippen LogP contribution is 2.17. The van der Waals surface area contributed by atoms with E-state index in [2.05, 4.69) is 26.3 Å². The van der Waals surface area contributed by atoms with Crippen LogP contribution in [0.4, 0.5) is 4.39 Å². The van der Waals surface area contributed by atoms with E-state index in [1.165, 1.54) is 16.8 Å². The molecule has 0 unspecified atom stereocenters. The van der Waals surface area contributed by atoms with E-state index in [1.54, 1.807) is 42.5 Å². The Balaban J connectivity index is 1.78. The molecule has 1 amide bonds. The van der Waals surface area contributed by atoms with Gasteiger partial charge in [-0.05, 0) is 57.9 Å². The number of nitriles is 1. The summed E-state index contributed by atoms with van der Waals surface area (Å²) in [7, 11) is 0. The standard InChI is InChI=1S/C18H12BrFN4O/c19-17-9-16(24(23-17)15-7-5-14(20)6-8-15)18(25)22-11-13-3-1-12(10-21)2-4-13/h1-9H,11H2,(H,22,25). The lowest BCUT2D eigenvalue weighted by molar-refractivity contribution is 0.0943. The summed E-state index contributed by atoms with van der Waals surface area (Å²) in [6, 6.07) is 16.3. The lowest BCUT2D eigenvalue weighted by atomic mass is 10.1. The second-order valence-corrected chi connectivity index (χ2v) is 6.04. The Morgan fingerprint density at radius 3 is 2.52 bits per heavy atom. The van der Waals surface area contributed by atoms with E-state index in [0.29, 0.717) is 28.1 Å². The molecule has 0 spiro atoms. The third kappa shape index (κ3) is 3.92. The fourth-order valence-corrected chi connectivity index (χ4v) is 2.64. The number of hydrogen-bond donors (Lipinski definition) is 1. The minimum atomic E-state index is -0.359. The van der Waals surface area contributed by atoms with Crippen molar-refractivity contribution in [2.45, 2.75) is 6.54 Å². The van der Waals surface area contributed by atoms with Gasteiger partial charge in [0.1, 0.15) is 16.1 Å². The Labute approximate surface area is 151 Å². The largest absolute Gasteiger partial charge is 0.347 e. The van der Waals surface area contributed by atoms with Gasteiger partial charge in [0.05, 0.1) is 17.3 Å². The maximum absolute atomic E-state index is 13.1. The lowest BCUT2D eigenvalue weighted by Crippen LogP contribution is -2.25. The highest BCUT2D eigenvalue weighted by Gasteiger charge is 2.15. The van der Waals surface area contributed by atoms with Crippen molar-refractivity contribution in [3.05, 3.63) is 81.8 Å². The average Bonchev–Trinajstić information content (AvgIpc) is 3.02. The summed E-state index contributed by atoms with van der Waals surface area (Å²) in [5.74, 6) is -0.673. The van der Waals surface area contributed by atoms with Crippen LogP contribution in [0.25, 0.3) is 5.69 Å². The molecule has 124 valence electrons. The Bertz CT molecular complexity index is 943. The van der Waals surface area contributed by atoms with Gasteiger partial charge in [-0.15, -0.1) is 0 Å². The van der Waals surface area contributed by atoms with Crippen molar-refractivity contribution in [1.29, 1.82) is 5.26 Å². The molecule has 2 aromatic carbocycles. The first kappa shape index (κ1) is 16.9. The minimum Gasteiger partial charge on any atom is -0.347 e. The molecular weight excluding hydrogens is 387 g/mol. The molecule has 25 heavy (non-hydrogen) atoms. The van der Waals surface area contributed by atoms with Crippen LogP contribution in [-0.4, -0.2) is 15.7 Å². The first-order chi connectivity index (χ1) is 12.1. The minimum absolute atomic E-state index is 0.313. The van der Waals surface area contributed by atoms with Crippen LogP contribution in [0.2, 0.25) is 0 Å². The van der Waals surface area contributed by atoms with Crippen molar-refractivity contribution >= 4 is 21.8 Å². The first-order valence-corrected chi connectivity index (χ1v) is 8.15. The van der Waals surface area contributed by atoms with Crippen LogP contribution in [0.1, 0.15) is 21.6 Å². The average molecular weight is 399 g/mol. The second kappa shape index (κ2) is 7.28. The molecule has 0 atom stereocenters. The van der Waals surface area contributed by atoms with Crippen molar-refractivity contribution < 1.29 is 9.18 Å². The molecule has 5 nitrogen and oxygen atoms in total. The smallest absolute Gasteiger partial charge is 0.270 e. The fraction of sp³-hybridized carbons (Fsp3) is 0.0556. The molecule has 0 fully saturated rings. The van der Waals surface area contributed by atoms with E-state index in [0.717, 1.165) is 5.56 Å². The number of hydrogen-bond acceptors (Lipinski definition) is 3. The fourth-order valence-electron chi connectivity index (χ4n) is 2.26. The molecular formula is C18H12BrFN4O. The monoisotopic (exact) mass is 398 g/mol. The molecule has 1 aromatic heterocycles. The molecule has 1 N–H and O–H groups in total. The number of rotatable bonds is 4. The second-order valence-electron chi connectivity index (χ2n) is 5.23. The lowest BCUT2D eigenvalue weighted by Gasteiger charge is -2.08. The molecule has 0 aliphatic rings. The van der Waals surface area contributed by atoms with Gasteiger partial charge in [0.25, 0.3) is 5.91 Å². The highest BCUT2D eigenvalue weighted by atomic mass is 79.9. The van der Waals surface area contributed by atoms with Crippen molar-refractivity contribution in [3.63, 3.8) is 0 Å². The zero-order valence-electron chi connectivity index (χ0n) is 12.9. The van der Waals surface area contributed by atoms with Crippen molar-refractivity contribution in [2.75, 3.05) is 0 Å². The summed E-state index contributed by atoms with van der Waals surface area (Å²) < 4.78 is 15.0. The number of amides is 1. The van der Waals surface area contributed by atoms with E-state index in [4.69, 9.17) is 5.26 Å². The van der Waals surface area contributed by atoms with Crippen LogP contribution >= 0.6 is 15.9 Å². The third-order valence-electron chi connectivity index (χ3n) is 3.52. The van der Waals surface area contributed by atoms with E-state index in [9.17, 15) is 9.18 Å². The number of halogens is 2. The van der Waals surface area contributed by atoms with Crippen LogP contribution in [-0.2, 0) is 6.54 Å². The number of nitrogens with zero attached hydrogens (tertiary/aromatic N) is 3. The number of carbonyl (C=O) groups is 1. The van der Waals surface area contributed by atoms with Crippen molar-refractivity contribution in [3.8, 4) is 11.8 Å². The number of carbonyl (C=O) groups excluding carboxylic acids is 1. The van der Waals surface area contributed by atoms with Gasteiger partial charge in [0.2, 0.25) is 0 Å². The molecule has 0 saturated heterocycles. The molecule has 7 heteroatoms. The number of benzene rings is 2.